The highest BCUT2D eigenvalue weighted by atomic mass is 32.1. The lowest BCUT2D eigenvalue weighted by Crippen LogP contribution is -2.24. The van der Waals surface area contributed by atoms with Crippen molar-refractivity contribution in [1.82, 2.24) is 4.98 Å². The number of rotatable bonds is 3. The molecule has 29 heavy (non-hydrogen) atoms. The van der Waals surface area contributed by atoms with Crippen LogP contribution in [0.5, 0.6) is 0 Å². The van der Waals surface area contributed by atoms with Crippen molar-refractivity contribution in [3.8, 4) is 0 Å². The molecule has 0 saturated heterocycles. The van der Waals surface area contributed by atoms with Crippen molar-refractivity contribution in [3.63, 3.8) is 0 Å². The van der Waals surface area contributed by atoms with Crippen molar-refractivity contribution in [2.24, 2.45) is 5.92 Å². The third kappa shape index (κ3) is 5.39. The quantitative estimate of drug-likeness (QED) is 0.558. The second kappa shape index (κ2) is 10.6. The average Bonchev–Trinajstić information content (AvgIpc) is 3.21. The summed E-state index contributed by atoms with van der Waals surface area (Å²) >= 11 is 1.71. The first kappa shape index (κ1) is 20.8. The number of pyridine rings is 1. The molecule has 0 bridgehead atoms. The van der Waals surface area contributed by atoms with Crippen LogP contribution in [0.15, 0.2) is 17.6 Å². The van der Waals surface area contributed by atoms with E-state index < -0.39 is 0 Å². The van der Waals surface area contributed by atoms with Gasteiger partial charge in [-0.15, -0.1) is 11.3 Å². The fourth-order valence-electron chi connectivity index (χ4n) is 5.36. The van der Waals surface area contributed by atoms with Gasteiger partial charge in [0.25, 0.3) is 0 Å². The molecule has 2 saturated carbocycles. The molecule has 4 rings (SSSR count). The number of amides is 1. The van der Waals surface area contributed by atoms with Gasteiger partial charge in [-0.2, -0.15) is 0 Å². The number of anilines is 1. The number of nitrogens with zero attached hydrogens (tertiary/aromatic N) is 1. The molecule has 0 spiro atoms. The first-order chi connectivity index (χ1) is 14.3. The van der Waals surface area contributed by atoms with E-state index in [2.05, 4.69) is 21.7 Å². The lowest BCUT2D eigenvalue weighted by atomic mass is 9.84. The zero-order chi connectivity index (χ0) is 19.9. The van der Waals surface area contributed by atoms with Gasteiger partial charge in [0.1, 0.15) is 4.83 Å². The van der Waals surface area contributed by atoms with Crippen LogP contribution in [0.4, 0.5) is 5.69 Å². The number of fused-ring (bicyclic) bond motifs is 1. The van der Waals surface area contributed by atoms with E-state index in [1.54, 1.807) is 11.3 Å². The van der Waals surface area contributed by atoms with E-state index in [0.29, 0.717) is 5.92 Å². The van der Waals surface area contributed by atoms with Gasteiger partial charge in [0.2, 0.25) is 5.91 Å². The summed E-state index contributed by atoms with van der Waals surface area (Å²) in [4.78, 5) is 19.0. The summed E-state index contributed by atoms with van der Waals surface area (Å²) in [6.07, 6.45) is 20.8. The second-order valence-corrected chi connectivity index (χ2v) is 10.0. The van der Waals surface area contributed by atoms with E-state index in [9.17, 15) is 4.79 Å². The van der Waals surface area contributed by atoms with Crippen LogP contribution in [-0.2, 0) is 4.79 Å². The summed E-state index contributed by atoms with van der Waals surface area (Å²) in [5, 5.41) is 6.79. The summed E-state index contributed by atoms with van der Waals surface area (Å²) in [6.45, 7) is 0. The number of hydrogen-bond donors (Lipinski definition) is 1. The Morgan fingerprint density at radius 1 is 0.862 bits per heavy atom. The van der Waals surface area contributed by atoms with Gasteiger partial charge in [-0.3, -0.25) is 4.79 Å². The van der Waals surface area contributed by atoms with Crippen molar-refractivity contribution in [3.05, 3.63) is 23.2 Å². The molecule has 3 nitrogen and oxygen atoms in total. The molecule has 2 heterocycles. The van der Waals surface area contributed by atoms with Crippen LogP contribution in [0.1, 0.15) is 108 Å². The maximum atomic E-state index is 13.2. The minimum Gasteiger partial charge on any atom is -0.324 e. The SMILES string of the molecule is O=C(Nc1cnc2sccc2c1C1CCCCCCC1)C1CCCCCCCC1. The molecular weight excluding hydrogens is 376 g/mol. The number of aromatic nitrogens is 1. The molecule has 0 aromatic carbocycles. The van der Waals surface area contributed by atoms with Crippen molar-refractivity contribution < 1.29 is 4.79 Å². The Hall–Kier alpha value is -1.42. The predicted octanol–water partition coefficient (Wildman–Crippen LogP) is 7.81. The number of carbonyl (C=O) groups excluding carboxylic acids is 1. The minimum atomic E-state index is 0.163. The van der Waals surface area contributed by atoms with Gasteiger partial charge in [-0.1, -0.05) is 70.6 Å². The maximum Gasteiger partial charge on any atom is 0.227 e. The van der Waals surface area contributed by atoms with E-state index in [-0.39, 0.29) is 11.8 Å². The van der Waals surface area contributed by atoms with Crippen molar-refractivity contribution in [1.29, 1.82) is 0 Å². The average molecular weight is 413 g/mol. The monoisotopic (exact) mass is 412 g/mol. The number of hydrogen-bond acceptors (Lipinski definition) is 3. The van der Waals surface area contributed by atoms with E-state index in [1.165, 1.54) is 94.4 Å². The Labute approximate surface area is 179 Å². The molecular formula is C25H36N2OS. The topological polar surface area (TPSA) is 42.0 Å². The van der Waals surface area contributed by atoms with E-state index in [0.717, 1.165) is 23.4 Å². The zero-order valence-electron chi connectivity index (χ0n) is 17.8. The Balaban J connectivity index is 1.58. The van der Waals surface area contributed by atoms with Crippen LogP contribution in [0, 0.1) is 5.92 Å². The van der Waals surface area contributed by atoms with Crippen LogP contribution >= 0.6 is 11.3 Å². The number of thiophene rings is 1. The molecule has 0 radical (unpaired) electrons. The molecule has 0 atom stereocenters. The summed E-state index contributed by atoms with van der Waals surface area (Å²) in [6, 6.07) is 2.22. The Morgan fingerprint density at radius 2 is 1.45 bits per heavy atom. The summed E-state index contributed by atoms with van der Waals surface area (Å²) in [7, 11) is 0. The molecule has 1 N–H and O–H groups in total. The van der Waals surface area contributed by atoms with E-state index in [1.807, 2.05) is 6.20 Å². The lowest BCUT2D eigenvalue weighted by Gasteiger charge is -2.24. The van der Waals surface area contributed by atoms with Crippen LogP contribution in [0.3, 0.4) is 0 Å². The largest absolute Gasteiger partial charge is 0.324 e. The standard InChI is InChI=1S/C25H36N2OS/c28-24(20-14-10-4-1-2-5-11-15-20)27-22-18-26-25-21(16-17-29-25)23(22)19-12-8-6-3-7-9-13-19/h16-20H,1-15H2,(H,27,28). The van der Waals surface area contributed by atoms with Crippen LogP contribution in [-0.4, -0.2) is 10.9 Å². The normalized spacial score (nSPS) is 21.0. The molecule has 2 aromatic rings. The first-order valence-electron chi connectivity index (χ1n) is 12.0. The van der Waals surface area contributed by atoms with E-state index >= 15 is 0 Å². The molecule has 2 aliphatic rings. The highest BCUT2D eigenvalue weighted by Gasteiger charge is 2.24. The van der Waals surface area contributed by atoms with Gasteiger partial charge in [0, 0.05) is 11.3 Å². The molecule has 0 aliphatic heterocycles. The molecule has 1 amide bonds. The van der Waals surface area contributed by atoms with Crippen LogP contribution in [0.2, 0.25) is 0 Å². The first-order valence-corrected chi connectivity index (χ1v) is 12.9. The summed E-state index contributed by atoms with van der Waals surface area (Å²) in [5.74, 6) is 0.943. The molecule has 2 aliphatic carbocycles. The van der Waals surface area contributed by atoms with Gasteiger partial charge in [-0.05, 0) is 48.6 Å². The van der Waals surface area contributed by atoms with Gasteiger partial charge in [-0.25, -0.2) is 4.98 Å². The highest BCUT2D eigenvalue weighted by Crippen LogP contribution is 2.40. The number of carbonyl (C=O) groups is 1. The summed E-state index contributed by atoms with van der Waals surface area (Å²) < 4.78 is 0. The maximum absolute atomic E-state index is 13.2. The smallest absolute Gasteiger partial charge is 0.227 e. The second-order valence-electron chi connectivity index (χ2n) is 9.15. The zero-order valence-corrected chi connectivity index (χ0v) is 18.6. The fraction of sp³-hybridized carbons (Fsp3) is 0.680. The van der Waals surface area contributed by atoms with Crippen LogP contribution in [0.25, 0.3) is 10.2 Å². The Kier molecular flexibility index (Phi) is 7.59. The third-order valence-corrected chi connectivity index (χ3v) is 7.85. The van der Waals surface area contributed by atoms with Crippen molar-refractivity contribution >= 4 is 33.1 Å². The molecule has 0 unspecified atom stereocenters. The molecule has 4 heteroatoms. The minimum absolute atomic E-state index is 0.163. The molecule has 2 aromatic heterocycles. The summed E-state index contributed by atoms with van der Waals surface area (Å²) in [5.41, 5.74) is 2.36. The van der Waals surface area contributed by atoms with Crippen molar-refractivity contribution in [2.75, 3.05) is 5.32 Å². The fourth-order valence-corrected chi connectivity index (χ4v) is 6.11. The predicted molar refractivity (Wildman–Crippen MR) is 124 cm³/mol. The highest BCUT2D eigenvalue weighted by molar-refractivity contribution is 7.16. The van der Waals surface area contributed by atoms with E-state index in [4.69, 9.17) is 0 Å². The third-order valence-electron chi connectivity index (χ3n) is 7.03. The number of nitrogens with one attached hydrogen (secondary N) is 1. The van der Waals surface area contributed by atoms with Crippen molar-refractivity contribution in [2.45, 2.75) is 102 Å². The molecule has 158 valence electrons. The van der Waals surface area contributed by atoms with Gasteiger partial charge in [0.05, 0.1) is 11.9 Å². The van der Waals surface area contributed by atoms with Crippen LogP contribution < -0.4 is 5.32 Å². The Bertz CT molecular complexity index is 781. The molecule has 2 fully saturated rings. The van der Waals surface area contributed by atoms with Gasteiger partial charge < -0.3 is 5.32 Å². The van der Waals surface area contributed by atoms with Gasteiger partial charge in [0.15, 0.2) is 0 Å². The Morgan fingerprint density at radius 3 is 2.10 bits per heavy atom. The van der Waals surface area contributed by atoms with Gasteiger partial charge >= 0.3 is 0 Å². The lowest BCUT2D eigenvalue weighted by molar-refractivity contribution is -0.120.